The van der Waals surface area contributed by atoms with Crippen molar-refractivity contribution in [2.75, 3.05) is 6.61 Å². The molecule has 1 aromatic heterocycles. The molecule has 2 saturated heterocycles. The van der Waals surface area contributed by atoms with Crippen molar-refractivity contribution in [3.8, 4) is 11.5 Å². The highest BCUT2D eigenvalue weighted by Crippen LogP contribution is 2.37. The van der Waals surface area contributed by atoms with Gasteiger partial charge in [0.15, 0.2) is 0 Å². The van der Waals surface area contributed by atoms with E-state index >= 15 is 0 Å². The third-order valence-corrected chi connectivity index (χ3v) is 5.95. The monoisotopic (exact) mass is 394 g/mol. The van der Waals surface area contributed by atoms with Crippen molar-refractivity contribution in [2.45, 2.75) is 70.1 Å². The molecule has 0 aliphatic carbocycles. The molecule has 2 unspecified atom stereocenters. The van der Waals surface area contributed by atoms with Gasteiger partial charge in [0.1, 0.15) is 17.6 Å². The molecular formula is C24H30N2O3. The van der Waals surface area contributed by atoms with E-state index in [2.05, 4.69) is 28.9 Å². The van der Waals surface area contributed by atoms with Gasteiger partial charge < -0.3 is 14.4 Å². The van der Waals surface area contributed by atoms with Crippen molar-refractivity contribution in [1.82, 2.24) is 9.88 Å². The summed E-state index contributed by atoms with van der Waals surface area (Å²) in [6.07, 6.45) is 10.1. The van der Waals surface area contributed by atoms with Crippen molar-refractivity contribution in [1.29, 1.82) is 0 Å². The van der Waals surface area contributed by atoms with E-state index in [9.17, 15) is 4.79 Å². The van der Waals surface area contributed by atoms with Crippen LogP contribution in [0.15, 0.2) is 48.8 Å². The van der Waals surface area contributed by atoms with Gasteiger partial charge in [0, 0.05) is 43.7 Å². The summed E-state index contributed by atoms with van der Waals surface area (Å²) in [6, 6.07) is 12.6. The molecule has 154 valence electrons. The van der Waals surface area contributed by atoms with Gasteiger partial charge >= 0.3 is 0 Å². The number of hydrogen-bond acceptors (Lipinski definition) is 4. The number of nitrogens with zero attached hydrogens (tertiary/aromatic N) is 2. The van der Waals surface area contributed by atoms with Gasteiger partial charge in [0.05, 0.1) is 6.61 Å². The zero-order valence-electron chi connectivity index (χ0n) is 17.1. The van der Waals surface area contributed by atoms with Crippen LogP contribution in [-0.4, -0.2) is 40.6 Å². The minimum atomic E-state index is 0.189. The molecule has 2 aromatic rings. The molecule has 0 spiro atoms. The topological polar surface area (TPSA) is 51.7 Å². The molecular weight excluding hydrogens is 364 g/mol. The Morgan fingerprint density at radius 1 is 1.03 bits per heavy atom. The number of rotatable bonds is 8. The van der Waals surface area contributed by atoms with E-state index < -0.39 is 0 Å². The molecule has 5 nitrogen and oxygen atoms in total. The number of fused-ring (bicyclic) bond motifs is 2. The van der Waals surface area contributed by atoms with Crippen LogP contribution in [0.2, 0.25) is 0 Å². The number of benzene rings is 1. The van der Waals surface area contributed by atoms with Gasteiger partial charge in [-0.3, -0.25) is 9.78 Å². The molecule has 2 fully saturated rings. The molecule has 2 aliphatic rings. The lowest BCUT2D eigenvalue weighted by Gasteiger charge is -2.39. The smallest absolute Gasteiger partial charge is 0.223 e. The van der Waals surface area contributed by atoms with Crippen molar-refractivity contribution < 1.29 is 14.3 Å². The molecule has 0 radical (unpaired) electrons. The molecule has 0 saturated carbocycles. The number of amides is 1. The van der Waals surface area contributed by atoms with Crippen molar-refractivity contribution in [3.05, 3.63) is 54.4 Å². The van der Waals surface area contributed by atoms with Gasteiger partial charge in [-0.05, 0) is 55.5 Å². The first-order chi connectivity index (χ1) is 14.2. The predicted molar refractivity (Wildman–Crippen MR) is 112 cm³/mol. The molecule has 2 bridgehead atoms. The molecule has 2 atom stereocenters. The number of ether oxygens (including phenoxy) is 2. The van der Waals surface area contributed by atoms with Gasteiger partial charge in [0.2, 0.25) is 5.91 Å². The van der Waals surface area contributed by atoms with Gasteiger partial charge in [-0.2, -0.15) is 0 Å². The molecule has 29 heavy (non-hydrogen) atoms. The van der Waals surface area contributed by atoms with Crippen LogP contribution in [0.4, 0.5) is 0 Å². The highest BCUT2D eigenvalue weighted by Gasteiger charge is 2.43. The maximum atomic E-state index is 13.0. The first-order valence-electron chi connectivity index (χ1n) is 10.8. The first-order valence-corrected chi connectivity index (χ1v) is 10.8. The second kappa shape index (κ2) is 9.29. The van der Waals surface area contributed by atoms with Crippen LogP contribution in [0.25, 0.3) is 0 Å². The van der Waals surface area contributed by atoms with Crippen molar-refractivity contribution in [2.24, 2.45) is 0 Å². The lowest BCUT2D eigenvalue weighted by Crippen LogP contribution is -2.49. The summed E-state index contributed by atoms with van der Waals surface area (Å²) in [6.45, 7) is 2.84. The Hall–Kier alpha value is -2.56. The van der Waals surface area contributed by atoms with E-state index in [0.29, 0.717) is 18.5 Å². The normalized spacial score (nSPS) is 23.1. The Kier molecular flexibility index (Phi) is 6.33. The number of aryl methyl sites for hydroxylation is 1. The van der Waals surface area contributed by atoms with E-state index in [-0.39, 0.29) is 12.0 Å². The largest absolute Gasteiger partial charge is 0.494 e. The first kappa shape index (κ1) is 19.7. The number of piperidine rings is 1. The lowest BCUT2D eigenvalue weighted by atomic mass is 9.98. The van der Waals surface area contributed by atoms with Crippen LogP contribution in [0.5, 0.6) is 11.5 Å². The Labute approximate surface area is 173 Å². The van der Waals surface area contributed by atoms with Crippen LogP contribution in [0, 0.1) is 0 Å². The fraction of sp³-hybridized carbons (Fsp3) is 0.500. The van der Waals surface area contributed by atoms with Crippen LogP contribution in [0.1, 0.15) is 51.0 Å². The van der Waals surface area contributed by atoms with Crippen LogP contribution >= 0.6 is 0 Å². The summed E-state index contributed by atoms with van der Waals surface area (Å²) in [5.41, 5.74) is 1.19. The van der Waals surface area contributed by atoms with Crippen molar-refractivity contribution >= 4 is 5.91 Å². The zero-order valence-corrected chi connectivity index (χ0v) is 17.1. The lowest BCUT2D eigenvalue weighted by molar-refractivity contribution is -0.137. The second-order valence-corrected chi connectivity index (χ2v) is 8.07. The Bertz CT molecular complexity index is 780. The molecule has 2 aliphatic heterocycles. The summed E-state index contributed by atoms with van der Waals surface area (Å²) in [5.74, 6) is 2.05. The number of carbonyl (C=O) groups excluding carboxylic acids is 1. The van der Waals surface area contributed by atoms with Gasteiger partial charge in [-0.15, -0.1) is 0 Å². The SMILES string of the molecule is CCCOc1ccc(CCC(=O)N2C3CCC2CC(Oc2ccncc2)C3)cc1. The summed E-state index contributed by atoms with van der Waals surface area (Å²) in [7, 11) is 0. The fourth-order valence-corrected chi connectivity index (χ4v) is 4.59. The third-order valence-electron chi connectivity index (χ3n) is 5.95. The van der Waals surface area contributed by atoms with Gasteiger partial charge in [-0.25, -0.2) is 0 Å². The number of aromatic nitrogens is 1. The highest BCUT2D eigenvalue weighted by molar-refractivity contribution is 5.77. The van der Waals surface area contributed by atoms with Crippen LogP contribution in [-0.2, 0) is 11.2 Å². The average molecular weight is 395 g/mol. The molecule has 1 amide bonds. The molecule has 1 aromatic carbocycles. The second-order valence-electron chi connectivity index (χ2n) is 8.07. The summed E-state index contributed by atoms with van der Waals surface area (Å²) in [4.78, 5) is 19.2. The average Bonchev–Trinajstić information content (AvgIpc) is 3.02. The fourth-order valence-electron chi connectivity index (χ4n) is 4.59. The van der Waals surface area contributed by atoms with E-state index in [0.717, 1.165) is 56.6 Å². The molecule has 0 N–H and O–H groups in total. The molecule has 3 heterocycles. The number of carbonyl (C=O) groups is 1. The quantitative estimate of drug-likeness (QED) is 0.666. The van der Waals surface area contributed by atoms with Gasteiger partial charge in [0.25, 0.3) is 0 Å². The zero-order chi connectivity index (χ0) is 20.1. The summed E-state index contributed by atoms with van der Waals surface area (Å²) < 4.78 is 11.8. The minimum Gasteiger partial charge on any atom is -0.494 e. The van der Waals surface area contributed by atoms with E-state index in [1.54, 1.807) is 12.4 Å². The summed E-state index contributed by atoms with van der Waals surface area (Å²) in [5, 5.41) is 0. The number of pyridine rings is 1. The predicted octanol–water partition coefficient (Wildman–Crippen LogP) is 4.40. The van der Waals surface area contributed by atoms with E-state index in [1.165, 1.54) is 5.56 Å². The maximum Gasteiger partial charge on any atom is 0.223 e. The van der Waals surface area contributed by atoms with Crippen LogP contribution in [0.3, 0.4) is 0 Å². The van der Waals surface area contributed by atoms with E-state index in [1.807, 2.05) is 24.3 Å². The number of hydrogen-bond donors (Lipinski definition) is 0. The maximum absolute atomic E-state index is 13.0. The highest BCUT2D eigenvalue weighted by atomic mass is 16.5. The molecule has 4 rings (SSSR count). The molecule has 5 heteroatoms. The Morgan fingerprint density at radius 3 is 2.38 bits per heavy atom. The Morgan fingerprint density at radius 2 is 1.72 bits per heavy atom. The van der Waals surface area contributed by atoms with Crippen molar-refractivity contribution in [3.63, 3.8) is 0 Å². The minimum absolute atomic E-state index is 0.189. The summed E-state index contributed by atoms with van der Waals surface area (Å²) >= 11 is 0. The standard InChI is InChI=1S/C24H30N2O3/c1-2-15-28-21-8-3-18(4-9-21)5-10-24(27)26-19-6-7-20(26)17-23(16-19)29-22-11-13-25-14-12-22/h3-4,8-9,11-14,19-20,23H,2,5-7,10,15-17H2,1H3. The third kappa shape index (κ3) is 4.89. The van der Waals surface area contributed by atoms with Crippen LogP contribution < -0.4 is 9.47 Å². The van der Waals surface area contributed by atoms with E-state index in [4.69, 9.17) is 9.47 Å². The van der Waals surface area contributed by atoms with Gasteiger partial charge in [-0.1, -0.05) is 19.1 Å². The Balaban J connectivity index is 1.28.